The first-order valence-electron chi connectivity index (χ1n) is 10.1. The summed E-state index contributed by atoms with van der Waals surface area (Å²) in [6.45, 7) is 6.75. The van der Waals surface area contributed by atoms with E-state index >= 15 is 0 Å². The Morgan fingerprint density at radius 1 is 1.21 bits per heavy atom. The predicted octanol–water partition coefficient (Wildman–Crippen LogP) is 3.89. The highest BCUT2D eigenvalue weighted by atomic mass is 16.5. The van der Waals surface area contributed by atoms with Gasteiger partial charge in [-0.25, -0.2) is 0 Å². The molecule has 0 spiro atoms. The summed E-state index contributed by atoms with van der Waals surface area (Å²) in [6.07, 6.45) is 4.43. The number of hydrogen-bond donors (Lipinski definition) is 1. The van der Waals surface area contributed by atoms with Crippen LogP contribution in [-0.2, 0) is 11.3 Å². The Hall–Kier alpha value is -2.79. The van der Waals surface area contributed by atoms with Crippen molar-refractivity contribution >= 4 is 12.0 Å². The van der Waals surface area contributed by atoms with Crippen molar-refractivity contribution in [3.05, 3.63) is 65.7 Å². The van der Waals surface area contributed by atoms with Crippen LogP contribution in [0.4, 0.5) is 0 Å². The van der Waals surface area contributed by atoms with Crippen LogP contribution in [0.25, 0.3) is 6.08 Å². The fourth-order valence-electron chi connectivity index (χ4n) is 3.50. The van der Waals surface area contributed by atoms with Crippen molar-refractivity contribution in [1.29, 1.82) is 0 Å². The molecule has 1 amide bonds. The zero-order valence-electron chi connectivity index (χ0n) is 17.4. The molecule has 1 aliphatic rings. The molecule has 0 saturated carbocycles. The fourth-order valence-corrected chi connectivity index (χ4v) is 3.50. The van der Waals surface area contributed by atoms with E-state index < -0.39 is 0 Å². The maximum absolute atomic E-state index is 12.3. The molecule has 1 aliphatic heterocycles. The molecule has 29 heavy (non-hydrogen) atoms. The van der Waals surface area contributed by atoms with Crippen LogP contribution in [0.5, 0.6) is 11.5 Å². The Morgan fingerprint density at radius 2 is 2.00 bits per heavy atom. The van der Waals surface area contributed by atoms with Gasteiger partial charge in [0.05, 0.1) is 13.2 Å². The lowest BCUT2D eigenvalue weighted by Gasteiger charge is -2.16. The van der Waals surface area contributed by atoms with Crippen LogP contribution < -0.4 is 14.8 Å². The topological polar surface area (TPSA) is 50.8 Å². The molecule has 1 atom stereocenters. The Kier molecular flexibility index (Phi) is 7.30. The molecule has 1 N–H and O–H groups in total. The summed E-state index contributed by atoms with van der Waals surface area (Å²) in [6, 6.07) is 16.3. The number of amides is 1. The molecule has 5 nitrogen and oxygen atoms in total. The van der Waals surface area contributed by atoms with Gasteiger partial charge in [0.2, 0.25) is 5.91 Å². The van der Waals surface area contributed by atoms with E-state index in [0.29, 0.717) is 11.5 Å². The second-order valence-electron chi connectivity index (χ2n) is 7.63. The number of carbonyl (C=O) groups is 1. The number of hydrogen-bond acceptors (Lipinski definition) is 4. The monoisotopic (exact) mass is 394 g/mol. The van der Waals surface area contributed by atoms with Gasteiger partial charge in [0.25, 0.3) is 0 Å². The number of likely N-dealkylation sites (tertiary alicyclic amines) is 1. The Balaban J connectivity index is 1.51. The SMILES string of the molecule is COc1cc(/C=C/C(=O)NC2CCN(Cc3ccccc3)C2)ccc1OC(C)C. The van der Waals surface area contributed by atoms with Crippen molar-refractivity contribution in [2.24, 2.45) is 0 Å². The zero-order valence-corrected chi connectivity index (χ0v) is 17.4. The summed E-state index contributed by atoms with van der Waals surface area (Å²) in [5, 5.41) is 3.11. The van der Waals surface area contributed by atoms with Crippen LogP contribution in [0.3, 0.4) is 0 Å². The summed E-state index contributed by atoms with van der Waals surface area (Å²) in [5.74, 6) is 1.29. The van der Waals surface area contributed by atoms with E-state index in [1.165, 1.54) is 5.56 Å². The maximum Gasteiger partial charge on any atom is 0.244 e. The van der Waals surface area contributed by atoms with Crippen LogP contribution in [0.2, 0.25) is 0 Å². The van der Waals surface area contributed by atoms with E-state index in [2.05, 4.69) is 34.5 Å². The van der Waals surface area contributed by atoms with E-state index in [-0.39, 0.29) is 18.1 Å². The Morgan fingerprint density at radius 3 is 2.72 bits per heavy atom. The van der Waals surface area contributed by atoms with Gasteiger partial charge in [-0.1, -0.05) is 36.4 Å². The van der Waals surface area contributed by atoms with Crippen molar-refractivity contribution in [3.63, 3.8) is 0 Å². The molecule has 1 heterocycles. The molecule has 0 bridgehead atoms. The van der Waals surface area contributed by atoms with Gasteiger partial charge >= 0.3 is 0 Å². The average molecular weight is 395 g/mol. The molecule has 1 saturated heterocycles. The molecule has 2 aromatic carbocycles. The lowest BCUT2D eigenvalue weighted by atomic mass is 10.2. The highest BCUT2D eigenvalue weighted by molar-refractivity contribution is 5.92. The minimum atomic E-state index is -0.0713. The molecule has 5 heteroatoms. The number of methoxy groups -OCH3 is 1. The van der Waals surface area contributed by atoms with Gasteiger partial charge < -0.3 is 14.8 Å². The fraction of sp³-hybridized carbons (Fsp3) is 0.375. The smallest absolute Gasteiger partial charge is 0.244 e. The lowest BCUT2D eigenvalue weighted by molar-refractivity contribution is -0.117. The van der Waals surface area contributed by atoms with Gasteiger partial charge in [-0.15, -0.1) is 0 Å². The van der Waals surface area contributed by atoms with Gasteiger partial charge in [-0.3, -0.25) is 9.69 Å². The van der Waals surface area contributed by atoms with E-state index in [4.69, 9.17) is 9.47 Å². The second-order valence-corrected chi connectivity index (χ2v) is 7.63. The molecule has 3 rings (SSSR count). The minimum absolute atomic E-state index is 0.0713. The Bertz CT molecular complexity index is 833. The number of carbonyl (C=O) groups excluding carboxylic acids is 1. The van der Waals surface area contributed by atoms with E-state index in [9.17, 15) is 4.79 Å². The van der Waals surface area contributed by atoms with Crippen molar-refractivity contribution in [2.45, 2.75) is 39.0 Å². The van der Waals surface area contributed by atoms with Crippen LogP contribution >= 0.6 is 0 Å². The average Bonchev–Trinajstić information content (AvgIpc) is 3.14. The van der Waals surface area contributed by atoms with Crippen LogP contribution in [0, 0.1) is 0 Å². The Labute approximate surface area is 173 Å². The third kappa shape index (κ3) is 6.36. The standard InChI is InChI=1S/C24H30N2O3/c1-18(2)29-22-11-9-19(15-23(22)28-3)10-12-24(27)25-21-13-14-26(17-21)16-20-7-5-4-6-8-20/h4-12,15,18,21H,13-14,16-17H2,1-3H3,(H,25,27)/b12-10+. The first kappa shape index (κ1) is 20.9. The second kappa shape index (κ2) is 10.1. The number of benzene rings is 2. The van der Waals surface area contributed by atoms with E-state index in [0.717, 1.165) is 31.6 Å². The quantitative estimate of drug-likeness (QED) is 0.690. The summed E-state index contributed by atoms with van der Waals surface area (Å²) in [4.78, 5) is 14.7. The maximum atomic E-state index is 12.3. The van der Waals surface area contributed by atoms with Gasteiger partial charge in [0.15, 0.2) is 11.5 Å². The third-order valence-corrected chi connectivity index (χ3v) is 4.85. The van der Waals surface area contributed by atoms with E-state index in [1.807, 2.05) is 38.1 Å². The highest BCUT2D eigenvalue weighted by Gasteiger charge is 2.23. The van der Waals surface area contributed by atoms with Crippen molar-refractivity contribution in [3.8, 4) is 11.5 Å². The van der Waals surface area contributed by atoms with Crippen LogP contribution in [0.1, 0.15) is 31.4 Å². The predicted molar refractivity (Wildman–Crippen MR) is 116 cm³/mol. The number of ether oxygens (including phenoxy) is 2. The zero-order chi connectivity index (χ0) is 20.6. The first-order chi connectivity index (χ1) is 14.0. The van der Waals surface area contributed by atoms with Gasteiger partial charge in [0, 0.05) is 31.8 Å². The summed E-state index contributed by atoms with van der Waals surface area (Å²) in [5.41, 5.74) is 2.20. The molecular weight excluding hydrogens is 364 g/mol. The molecule has 0 aromatic heterocycles. The molecule has 2 aromatic rings. The van der Waals surface area contributed by atoms with Crippen LogP contribution in [-0.4, -0.2) is 43.2 Å². The van der Waals surface area contributed by atoms with Gasteiger partial charge in [0.1, 0.15) is 0 Å². The molecule has 0 radical (unpaired) electrons. The molecular formula is C24H30N2O3. The van der Waals surface area contributed by atoms with Crippen molar-refractivity contribution < 1.29 is 14.3 Å². The minimum Gasteiger partial charge on any atom is -0.493 e. The molecule has 1 unspecified atom stereocenters. The number of nitrogens with one attached hydrogen (secondary N) is 1. The van der Waals surface area contributed by atoms with E-state index in [1.54, 1.807) is 19.3 Å². The van der Waals surface area contributed by atoms with Gasteiger partial charge in [-0.05, 0) is 49.6 Å². The summed E-state index contributed by atoms with van der Waals surface area (Å²) < 4.78 is 11.1. The molecule has 1 fully saturated rings. The normalized spacial score (nSPS) is 17.0. The lowest BCUT2D eigenvalue weighted by Crippen LogP contribution is -2.35. The number of rotatable bonds is 8. The molecule has 154 valence electrons. The van der Waals surface area contributed by atoms with Gasteiger partial charge in [-0.2, -0.15) is 0 Å². The first-order valence-corrected chi connectivity index (χ1v) is 10.1. The number of nitrogens with zero attached hydrogens (tertiary/aromatic N) is 1. The largest absolute Gasteiger partial charge is 0.493 e. The molecule has 0 aliphatic carbocycles. The third-order valence-electron chi connectivity index (χ3n) is 4.85. The van der Waals surface area contributed by atoms with Crippen molar-refractivity contribution in [1.82, 2.24) is 10.2 Å². The summed E-state index contributed by atoms with van der Waals surface area (Å²) in [7, 11) is 1.62. The summed E-state index contributed by atoms with van der Waals surface area (Å²) >= 11 is 0. The van der Waals surface area contributed by atoms with Crippen LogP contribution in [0.15, 0.2) is 54.6 Å². The van der Waals surface area contributed by atoms with Crippen molar-refractivity contribution in [2.75, 3.05) is 20.2 Å². The highest BCUT2D eigenvalue weighted by Crippen LogP contribution is 2.29.